The van der Waals surface area contributed by atoms with E-state index in [2.05, 4.69) is 16.8 Å². The molecule has 0 bridgehead atoms. The fourth-order valence-corrected chi connectivity index (χ4v) is 3.85. The second kappa shape index (κ2) is 6.08. The summed E-state index contributed by atoms with van der Waals surface area (Å²) in [5, 5.41) is 5.57. The van der Waals surface area contributed by atoms with Crippen LogP contribution in [0.4, 0.5) is 10.5 Å². The van der Waals surface area contributed by atoms with Crippen molar-refractivity contribution in [1.29, 1.82) is 0 Å². The zero-order chi connectivity index (χ0) is 14.8. The van der Waals surface area contributed by atoms with Crippen LogP contribution < -0.4 is 5.32 Å². The molecule has 2 heterocycles. The summed E-state index contributed by atoms with van der Waals surface area (Å²) in [5.74, 6) is 0. The molecule has 1 aliphatic rings. The summed E-state index contributed by atoms with van der Waals surface area (Å²) < 4.78 is 0. The first kappa shape index (κ1) is 14.4. The van der Waals surface area contributed by atoms with Gasteiger partial charge in [0.15, 0.2) is 0 Å². The number of amides is 2. The van der Waals surface area contributed by atoms with Crippen molar-refractivity contribution in [3.63, 3.8) is 0 Å². The van der Waals surface area contributed by atoms with Crippen molar-refractivity contribution in [1.82, 2.24) is 4.90 Å². The molecule has 2 amide bonds. The van der Waals surface area contributed by atoms with Gasteiger partial charge in [0.1, 0.15) is 0 Å². The Kier molecular flexibility index (Phi) is 4.17. The molecular formula is C16H17ClN2OS. The van der Waals surface area contributed by atoms with E-state index in [0.717, 1.165) is 24.9 Å². The van der Waals surface area contributed by atoms with Gasteiger partial charge in [0.25, 0.3) is 0 Å². The van der Waals surface area contributed by atoms with Gasteiger partial charge >= 0.3 is 6.03 Å². The first-order valence-electron chi connectivity index (χ1n) is 7.02. The quantitative estimate of drug-likeness (QED) is 0.822. The highest BCUT2D eigenvalue weighted by molar-refractivity contribution is 7.10. The van der Waals surface area contributed by atoms with Crippen molar-refractivity contribution in [3.05, 3.63) is 51.2 Å². The first-order chi connectivity index (χ1) is 10.1. The highest BCUT2D eigenvalue weighted by Crippen LogP contribution is 2.35. The molecule has 1 aromatic heterocycles. The number of nitrogens with zero attached hydrogens (tertiary/aromatic N) is 1. The lowest BCUT2D eigenvalue weighted by Crippen LogP contribution is -2.34. The number of nitrogens with one attached hydrogen (secondary N) is 1. The Morgan fingerprint density at radius 3 is 3.00 bits per heavy atom. The number of aryl methyl sites for hydroxylation is 1. The average Bonchev–Trinajstić information content (AvgIpc) is 3.10. The number of hydrogen-bond donors (Lipinski definition) is 1. The fourth-order valence-electron chi connectivity index (χ4n) is 2.69. The molecule has 1 saturated heterocycles. The molecule has 0 aliphatic carbocycles. The third kappa shape index (κ3) is 3.06. The van der Waals surface area contributed by atoms with Crippen molar-refractivity contribution >= 4 is 34.7 Å². The number of benzene rings is 1. The zero-order valence-corrected chi connectivity index (χ0v) is 13.4. The first-order valence-corrected chi connectivity index (χ1v) is 8.28. The van der Waals surface area contributed by atoms with Gasteiger partial charge in [0.2, 0.25) is 0 Å². The van der Waals surface area contributed by atoms with Crippen LogP contribution in [0.15, 0.2) is 35.7 Å². The predicted octanol–water partition coefficient (Wildman–Crippen LogP) is 5.08. The van der Waals surface area contributed by atoms with Gasteiger partial charge in [-0.05, 0) is 48.9 Å². The third-order valence-electron chi connectivity index (χ3n) is 3.75. The molecule has 3 nitrogen and oxygen atoms in total. The lowest BCUT2D eigenvalue weighted by Gasteiger charge is -2.24. The van der Waals surface area contributed by atoms with Crippen LogP contribution in [-0.2, 0) is 0 Å². The fraction of sp³-hybridized carbons (Fsp3) is 0.312. The lowest BCUT2D eigenvalue weighted by atomic mass is 10.2. The van der Waals surface area contributed by atoms with Crippen LogP contribution in [0, 0.1) is 6.92 Å². The number of carbonyl (C=O) groups excluding carboxylic acids is 1. The molecule has 1 fully saturated rings. The van der Waals surface area contributed by atoms with E-state index in [1.54, 1.807) is 11.3 Å². The molecule has 110 valence electrons. The smallest absolute Gasteiger partial charge is 0.317 e. The Morgan fingerprint density at radius 2 is 2.29 bits per heavy atom. The van der Waals surface area contributed by atoms with Gasteiger partial charge in [0.05, 0.1) is 16.8 Å². The number of halogens is 1. The van der Waals surface area contributed by atoms with Crippen LogP contribution in [0.1, 0.15) is 29.3 Å². The summed E-state index contributed by atoms with van der Waals surface area (Å²) in [5.41, 5.74) is 1.75. The van der Waals surface area contributed by atoms with Crippen molar-refractivity contribution < 1.29 is 4.79 Å². The largest absolute Gasteiger partial charge is 0.322 e. The Labute approximate surface area is 133 Å². The highest BCUT2D eigenvalue weighted by atomic mass is 35.5. The minimum absolute atomic E-state index is 0.0725. The standard InChI is InChI=1S/C16H17ClN2OS/c1-11-6-7-13(12(17)10-11)18-16(20)19-8-2-4-14(19)15-5-3-9-21-15/h3,5-7,9-10,14H,2,4,8H2,1H3,(H,18,20)/t14-/m1/s1. The summed E-state index contributed by atoms with van der Waals surface area (Å²) in [7, 11) is 0. The van der Waals surface area contributed by atoms with Gasteiger partial charge in [-0.2, -0.15) is 0 Å². The second-order valence-corrected chi connectivity index (χ2v) is 6.67. The van der Waals surface area contributed by atoms with E-state index >= 15 is 0 Å². The maximum Gasteiger partial charge on any atom is 0.322 e. The number of thiophene rings is 1. The van der Waals surface area contributed by atoms with Gasteiger partial charge < -0.3 is 10.2 Å². The van der Waals surface area contributed by atoms with E-state index in [-0.39, 0.29) is 12.1 Å². The van der Waals surface area contributed by atoms with Gasteiger partial charge in [-0.1, -0.05) is 23.7 Å². The van der Waals surface area contributed by atoms with Crippen molar-refractivity contribution in [2.45, 2.75) is 25.8 Å². The van der Waals surface area contributed by atoms with E-state index in [9.17, 15) is 4.79 Å². The van der Waals surface area contributed by atoms with E-state index in [0.29, 0.717) is 10.7 Å². The Balaban J connectivity index is 1.75. The zero-order valence-electron chi connectivity index (χ0n) is 11.8. The van der Waals surface area contributed by atoms with E-state index in [1.807, 2.05) is 36.1 Å². The van der Waals surface area contributed by atoms with Gasteiger partial charge in [-0.15, -0.1) is 11.3 Å². The van der Waals surface area contributed by atoms with Crippen LogP contribution in [0.5, 0.6) is 0 Å². The average molecular weight is 321 g/mol. The molecule has 0 radical (unpaired) electrons. The second-order valence-electron chi connectivity index (χ2n) is 5.28. The van der Waals surface area contributed by atoms with Crippen molar-refractivity contribution in [3.8, 4) is 0 Å². The summed E-state index contributed by atoms with van der Waals surface area (Å²) in [6.45, 7) is 2.77. The molecule has 0 saturated carbocycles. The Bertz CT molecular complexity index is 642. The number of anilines is 1. The lowest BCUT2D eigenvalue weighted by molar-refractivity contribution is 0.208. The summed E-state index contributed by atoms with van der Waals surface area (Å²) in [4.78, 5) is 15.7. The minimum atomic E-state index is -0.0725. The third-order valence-corrected chi connectivity index (χ3v) is 5.04. The van der Waals surface area contributed by atoms with E-state index < -0.39 is 0 Å². The van der Waals surface area contributed by atoms with Crippen molar-refractivity contribution in [2.75, 3.05) is 11.9 Å². The molecule has 1 aromatic carbocycles. The molecule has 1 N–H and O–H groups in total. The molecule has 3 rings (SSSR count). The topological polar surface area (TPSA) is 32.3 Å². The Hall–Kier alpha value is -1.52. The molecule has 0 spiro atoms. The SMILES string of the molecule is Cc1ccc(NC(=O)N2CCC[C@@H]2c2cccs2)c(Cl)c1. The number of hydrogen-bond acceptors (Lipinski definition) is 2. The van der Waals surface area contributed by atoms with Crippen LogP contribution in [-0.4, -0.2) is 17.5 Å². The predicted molar refractivity (Wildman–Crippen MR) is 88.2 cm³/mol. The minimum Gasteiger partial charge on any atom is -0.317 e. The van der Waals surface area contributed by atoms with Crippen molar-refractivity contribution in [2.24, 2.45) is 0 Å². The summed E-state index contributed by atoms with van der Waals surface area (Å²) in [6.07, 6.45) is 2.06. The Morgan fingerprint density at radius 1 is 1.43 bits per heavy atom. The maximum atomic E-state index is 12.5. The molecule has 1 atom stereocenters. The highest BCUT2D eigenvalue weighted by Gasteiger charge is 2.30. The number of rotatable bonds is 2. The van der Waals surface area contributed by atoms with Gasteiger partial charge in [-0.3, -0.25) is 0 Å². The summed E-state index contributed by atoms with van der Waals surface area (Å²) in [6, 6.07) is 9.91. The molecule has 0 unspecified atom stereocenters. The molecular weight excluding hydrogens is 304 g/mol. The number of likely N-dealkylation sites (tertiary alicyclic amines) is 1. The monoisotopic (exact) mass is 320 g/mol. The van der Waals surface area contributed by atoms with Crippen LogP contribution in [0.3, 0.4) is 0 Å². The van der Waals surface area contributed by atoms with Crippen LogP contribution in [0.2, 0.25) is 5.02 Å². The van der Waals surface area contributed by atoms with E-state index in [4.69, 9.17) is 11.6 Å². The van der Waals surface area contributed by atoms with Crippen LogP contribution in [0.25, 0.3) is 0 Å². The summed E-state index contributed by atoms with van der Waals surface area (Å²) >= 11 is 7.89. The number of urea groups is 1. The van der Waals surface area contributed by atoms with Crippen LogP contribution >= 0.6 is 22.9 Å². The van der Waals surface area contributed by atoms with Gasteiger partial charge in [0, 0.05) is 11.4 Å². The molecule has 21 heavy (non-hydrogen) atoms. The normalized spacial score (nSPS) is 18.0. The maximum absolute atomic E-state index is 12.5. The molecule has 2 aromatic rings. The van der Waals surface area contributed by atoms with Gasteiger partial charge in [-0.25, -0.2) is 4.79 Å². The molecule has 5 heteroatoms. The molecule has 1 aliphatic heterocycles. The van der Waals surface area contributed by atoms with E-state index in [1.165, 1.54) is 4.88 Å². The number of carbonyl (C=O) groups is 1.